The molecule has 1 fully saturated rings. The highest BCUT2D eigenvalue weighted by Gasteiger charge is 2.17. The molecule has 0 aromatic heterocycles. The minimum atomic E-state index is 0.791. The van der Waals surface area contributed by atoms with Gasteiger partial charge in [0.05, 0.1) is 13.2 Å². The van der Waals surface area contributed by atoms with Crippen molar-refractivity contribution in [2.24, 2.45) is 4.99 Å². The average molecular weight is 405 g/mol. The molecule has 0 unspecified atom stereocenters. The summed E-state index contributed by atoms with van der Waals surface area (Å²) in [6, 6.07) is 19.4. The second-order valence-corrected chi connectivity index (χ2v) is 7.85. The third kappa shape index (κ3) is 5.29. The van der Waals surface area contributed by atoms with Crippen molar-refractivity contribution >= 4 is 11.5 Å². The summed E-state index contributed by atoms with van der Waals surface area (Å²) in [5, 5.41) is 3.59. The van der Waals surface area contributed by atoms with Crippen LogP contribution in [0.1, 0.15) is 23.1 Å². The van der Waals surface area contributed by atoms with Gasteiger partial charge in [-0.15, -0.1) is 0 Å². The Kier molecular flexibility index (Phi) is 7.16. The first kappa shape index (κ1) is 20.6. The van der Waals surface area contributed by atoms with Crippen LogP contribution in [0.5, 0.6) is 0 Å². The van der Waals surface area contributed by atoms with E-state index in [1.54, 1.807) is 0 Å². The summed E-state index contributed by atoms with van der Waals surface area (Å²) in [5.41, 5.74) is 5.48. The Balaban J connectivity index is 1.36. The summed E-state index contributed by atoms with van der Waals surface area (Å²) in [5.74, 6) is 0.972. The quantitative estimate of drug-likeness (QED) is 0.613. The van der Waals surface area contributed by atoms with Gasteiger partial charge in [-0.05, 0) is 28.7 Å². The number of hydrogen-bond acceptors (Lipinski definition) is 3. The van der Waals surface area contributed by atoms with Gasteiger partial charge in [-0.2, -0.15) is 0 Å². The maximum absolute atomic E-state index is 5.48. The fourth-order valence-electron chi connectivity index (χ4n) is 4.17. The molecule has 4 rings (SSSR count). The number of rotatable bonds is 5. The Morgan fingerprint density at radius 2 is 1.70 bits per heavy atom. The van der Waals surface area contributed by atoms with Crippen molar-refractivity contribution in [1.29, 1.82) is 0 Å². The van der Waals surface area contributed by atoms with E-state index in [0.717, 1.165) is 64.9 Å². The molecule has 2 aromatic rings. The second-order valence-electron chi connectivity index (χ2n) is 7.85. The van der Waals surface area contributed by atoms with Gasteiger partial charge in [0, 0.05) is 46.3 Å². The molecule has 0 aliphatic carbocycles. The van der Waals surface area contributed by atoms with Crippen LogP contribution >= 0.6 is 0 Å². The Hall–Kier alpha value is -2.63. The van der Waals surface area contributed by atoms with Gasteiger partial charge in [-0.3, -0.25) is 9.89 Å². The molecule has 158 valence electrons. The van der Waals surface area contributed by atoms with E-state index in [1.165, 1.54) is 22.3 Å². The first-order chi connectivity index (χ1) is 14.8. The van der Waals surface area contributed by atoms with E-state index in [0.29, 0.717) is 0 Å². The zero-order valence-corrected chi connectivity index (χ0v) is 17.9. The zero-order chi connectivity index (χ0) is 20.6. The lowest BCUT2D eigenvalue weighted by Crippen LogP contribution is -2.43. The lowest BCUT2D eigenvalue weighted by molar-refractivity contribution is 0.0341. The van der Waals surface area contributed by atoms with Crippen LogP contribution in [0.2, 0.25) is 0 Å². The zero-order valence-electron chi connectivity index (χ0n) is 17.9. The smallest absolute Gasteiger partial charge is 0.194 e. The molecule has 2 aromatic carbocycles. The molecule has 5 heteroatoms. The predicted molar refractivity (Wildman–Crippen MR) is 123 cm³/mol. The first-order valence-electron chi connectivity index (χ1n) is 10.9. The molecule has 5 nitrogen and oxygen atoms in total. The topological polar surface area (TPSA) is 40.1 Å². The van der Waals surface area contributed by atoms with Crippen LogP contribution in [0.4, 0.5) is 0 Å². The largest absolute Gasteiger partial charge is 0.379 e. The van der Waals surface area contributed by atoms with Crippen molar-refractivity contribution in [2.75, 3.05) is 46.4 Å². The molecule has 1 saturated heterocycles. The molecule has 0 saturated carbocycles. The Morgan fingerprint density at radius 1 is 0.967 bits per heavy atom. The Labute approximate surface area is 180 Å². The molecule has 0 bridgehead atoms. The van der Waals surface area contributed by atoms with Crippen LogP contribution in [0.25, 0.3) is 5.57 Å². The number of benzene rings is 2. The van der Waals surface area contributed by atoms with E-state index in [4.69, 9.17) is 4.74 Å². The average Bonchev–Trinajstić information content (AvgIpc) is 2.82. The highest BCUT2D eigenvalue weighted by molar-refractivity contribution is 5.81. The molecule has 30 heavy (non-hydrogen) atoms. The third-order valence-electron chi connectivity index (χ3n) is 5.92. The number of hydrogen-bond donors (Lipinski definition) is 1. The Morgan fingerprint density at radius 3 is 2.40 bits per heavy atom. The van der Waals surface area contributed by atoms with Crippen molar-refractivity contribution in [2.45, 2.75) is 19.5 Å². The van der Waals surface area contributed by atoms with E-state index < -0.39 is 0 Å². The summed E-state index contributed by atoms with van der Waals surface area (Å²) in [7, 11) is 1.87. The van der Waals surface area contributed by atoms with Crippen LogP contribution < -0.4 is 5.32 Å². The fraction of sp³-hybridized carbons (Fsp3) is 0.400. The van der Waals surface area contributed by atoms with Crippen LogP contribution in [0.3, 0.4) is 0 Å². The molecular weight excluding hydrogens is 372 g/mol. The maximum atomic E-state index is 5.48. The number of ether oxygens (including phenoxy) is 1. The normalized spacial score (nSPS) is 18.2. The van der Waals surface area contributed by atoms with Crippen LogP contribution in [-0.4, -0.2) is 62.2 Å². The molecule has 0 radical (unpaired) electrons. The van der Waals surface area contributed by atoms with Crippen molar-refractivity contribution in [1.82, 2.24) is 15.1 Å². The van der Waals surface area contributed by atoms with Gasteiger partial charge in [-0.25, -0.2) is 0 Å². The van der Waals surface area contributed by atoms with Crippen molar-refractivity contribution in [3.05, 3.63) is 77.4 Å². The molecule has 0 atom stereocenters. The molecule has 2 heterocycles. The van der Waals surface area contributed by atoms with E-state index in [-0.39, 0.29) is 0 Å². The minimum absolute atomic E-state index is 0.791. The lowest BCUT2D eigenvalue weighted by Gasteiger charge is -2.30. The maximum Gasteiger partial charge on any atom is 0.194 e. The highest BCUT2D eigenvalue weighted by atomic mass is 16.5. The summed E-state index contributed by atoms with van der Waals surface area (Å²) in [6.07, 6.45) is 3.37. The molecule has 2 aliphatic heterocycles. The summed E-state index contributed by atoms with van der Waals surface area (Å²) >= 11 is 0. The lowest BCUT2D eigenvalue weighted by atomic mass is 10.00. The van der Waals surface area contributed by atoms with Crippen molar-refractivity contribution < 1.29 is 4.74 Å². The van der Waals surface area contributed by atoms with Crippen LogP contribution in [-0.2, 0) is 17.8 Å². The van der Waals surface area contributed by atoms with E-state index in [9.17, 15) is 0 Å². The van der Waals surface area contributed by atoms with Gasteiger partial charge in [-0.1, -0.05) is 60.7 Å². The SMILES string of the molecule is CN=C(NCc1ccccc1CN1CCOCC1)N1CC=C(c2ccccc2)CC1. The van der Waals surface area contributed by atoms with E-state index >= 15 is 0 Å². The molecule has 1 N–H and O–H groups in total. The van der Waals surface area contributed by atoms with Crippen LogP contribution in [0.15, 0.2) is 65.7 Å². The number of nitrogens with one attached hydrogen (secondary N) is 1. The van der Waals surface area contributed by atoms with Gasteiger partial charge in [0.2, 0.25) is 0 Å². The number of aliphatic imine (C=N–C) groups is 1. The highest BCUT2D eigenvalue weighted by Crippen LogP contribution is 2.22. The van der Waals surface area contributed by atoms with E-state index in [2.05, 4.69) is 80.8 Å². The van der Waals surface area contributed by atoms with Crippen molar-refractivity contribution in [3.63, 3.8) is 0 Å². The van der Waals surface area contributed by atoms with Crippen LogP contribution in [0, 0.1) is 0 Å². The monoisotopic (exact) mass is 404 g/mol. The van der Waals surface area contributed by atoms with Gasteiger partial charge < -0.3 is 15.0 Å². The minimum Gasteiger partial charge on any atom is -0.379 e. The van der Waals surface area contributed by atoms with Crippen molar-refractivity contribution in [3.8, 4) is 0 Å². The van der Waals surface area contributed by atoms with E-state index in [1.807, 2.05) is 7.05 Å². The van der Waals surface area contributed by atoms with Gasteiger partial charge in [0.1, 0.15) is 0 Å². The summed E-state index contributed by atoms with van der Waals surface area (Å²) in [6.45, 7) is 7.32. The second kappa shape index (κ2) is 10.4. The van der Waals surface area contributed by atoms with Gasteiger partial charge in [0.15, 0.2) is 5.96 Å². The van der Waals surface area contributed by atoms with Gasteiger partial charge in [0.25, 0.3) is 0 Å². The standard InChI is InChI=1S/C25H32N4O/c1-26-25(29-13-11-22(12-14-29)21-7-3-2-4-8-21)27-19-23-9-5-6-10-24(23)20-28-15-17-30-18-16-28/h2-11H,12-20H2,1H3,(H,26,27). The molecule has 0 spiro atoms. The Bertz CT molecular complexity index is 872. The third-order valence-corrected chi connectivity index (χ3v) is 5.92. The molecular formula is C25H32N4O. The molecule has 0 amide bonds. The summed E-state index contributed by atoms with van der Waals surface area (Å²) in [4.78, 5) is 9.35. The fourth-order valence-corrected chi connectivity index (χ4v) is 4.17. The van der Waals surface area contributed by atoms with Gasteiger partial charge >= 0.3 is 0 Å². The summed E-state index contributed by atoms with van der Waals surface area (Å²) < 4.78 is 5.48. The number of guanidine groups is 1. The molecule has 2 aliphatic rings. The number of morpholine rings is 1. The first-order valence-corrected chi connectivity index (χ1v) is 10.9. The predicted octanol–water partition coefficient (Wildman–Crippen LogP) is 3.38. The number of nitrogens with zero attached hydrogens (tertiary/aromatic N) is 3.